The number of nitrogens with zero attached hydrogens (tertiary/aromatic N) is 1. The van der Waals surface area contributed by atoms with E-state index in [0.29, 0.717) is 5.69 Å². The molecule has 3 aromatic carbocycles. The van der Waals surface area contributed by atoms with Crippen molar-refractivity contribution < 1.29 is 19.1 Å². The van der Waals surface area contributed by atoms with Crippen molar-refractivity contribution in [1.82, 2.24) is 4.90 Å². The van der Waals surface area contributed by atoms with Crippen LogP contribution in [0.15, 0.2) is 60.7 Å². The monoisotopic (exact) mass is 473 g/mol. The van der Waals surface area contributed by atoms with Crippen LogP contribution in [0.25, 0.3) is 0 Å². The molecule has 3 N–H and O–H groups in total. The van der Waals surface area contributed by atoms with E-state index in [1.807, 2.05) is 24.3 Å². The van der Waals surface area contributed by atoms with Crippen LogP contribution in [0.4, 0.5) is 5.69 Å². The number of hydrogen-bond donors (Lipinski definition) is 2. The molecular formula is C28H31N3O4. The number of benzene rings is 3. The van der Waals surface area contributed by atoms with Gasteiger partial charge in [0.1, 0.15) is 0 Å². The molecule has 182 valence electrons. The lowest BCUT2D eigenvalue weighted by atomic mass is 9.92. The van der Waals surface area contributed by atoms with Gasteiger partial charge in [-0.2, -0.15) is 0 Å². The molecule has 0 saturated carbocycles. The summed E-state index contributed by atoms with van der Waals surface area (Å²) < 4.78 is 11.0. The molecule has 0 aliphatic carbocycles. The lowest BCUT2D eigenvalue weighted by Gasteiger charge is -2.35. The molecule has 1 aliphatic heterocycles. The van der Waals surface area contributed by atoms with Gasteiger partial charge in [0.05, 0.1) is 25.3 Å². The number of anilines is 1. The summed E-state index contributed by atoms with van der Waals surface area (Å²) in [6.45, 7) is 4.14. The van der Waals surface area contributed by atoms with Crippen molar-refractivity contribution in [3.63, 3.8) is 0 Å². The van der Waals surface area contributed by atoms with Gasteiger partial charge in [-0.15, -0.1) is 0 Å². The normalized spacial score (nSPS) is 15.2. The first-order valence-electron chi connectivity index (χ1n) is 11.7. The van der Waals surface area contributed by atoms with E-state index in [-0.39, 0.29) is 23.1 Å². The molecule has 3 aromatic rings. The van der Waals surface area contributed by atoms with Crippen molar-refractivity contribution in [2.45, 2.75) is 25.8 Å². The molecule has 0 spiro atoms. The van der Waals surface area contributed by atoms with E-state index in [2.05, 4.69) is 29.3 Å². The number of ether oxygens (including phenoxy) is 2. The highest BCUT2D eigenvalue weighted by Crippen LogP contribution is 2.37. The quantitative estimate of drug-likeness (QED) is 0.511. The highest BCUT2D eigenvalue weighted by Gasteiger charge is 2.25. The van der Waals surface area contributed by atoms with Crippen LogP contribution in [0.5, 0.6) is 11.5 Å². The molecule has 35 heavy (non-hydrogen) atoms. The Morgan fingerprint density at radius 1 is 1.00 bits per heavy atom. The van der Waals surface area contributed by atoms with Gasteiger partial charge in [0.2, 0.25) is 5.91 Å². The van der Waals surface area contributed by atoms with E-state index in [9.17, 15) is 9.59 Å². The Morgan fingerprint density at radius 3 is 2.31 bits per heavy atom. The van der Waals surface area contributed by atoms with Gasteiger partial charge >= 0.3 is 0 Å². The summed E-state index contributed by atoms with van der Waals surface area (Å²) in [5.74, 6) is 0.548. The predicted molar refractivity (Wildman–Crippen MR) is 136 cm³/mol. The summed E-state index contributed by atoms with van der Waals surface area (Å²) >= 11 is 0. The summed E-state index contributed by atoms with van der Waals surface area (Å²) in [5, 5.41) is 2.85. The van der Waals surface area contributed by atoms with Gasteiger partial charge in [-0.3, -0.25) is 14.5 Å². The van der Waals surface area contributed by atoms with Crippen LogP contribution in [0, 0.1) is 0 Å². The van der Waals surface area contributed by atoms with E-state index >= 15 is 0 Å². The minimum atomic E-state index is -0.627. The summed E-state index contributed by atoms with van der Waals surface area (Å²) in [7, 11) is 3.33. The highest BCUT2D eigenvalue weighted by molar-refractivity contribution is 6.11. The second-order valence-electron chi connectivity index (χ2n) is 8.68. The average Bonchev–Trinajstić information content (AvgIpc) is 2.88. The minimum absolute atomic E-state index is 0.204. The van der Waals surface area contributed by atoms with Gasteiger partial charge in [-0.1, -0.05) is 24.3 Å². The molecule has 7 nitrogen and oxygen atoms in total. The van der Waals surface area contributed by atoms with E-state index in [1.54, 1.807) is 38.5 Å². The van der Waals surface area contributed by atoms with Crippen LogP contribution >= 0.6 is 0 Å². The van der Waals surface area contributed by atoms with Crippen LogP contribution in [-0.2, 0) is 12.8 Å². The number of carbonyl (C=O) groups excluding carboxylic acids is 2. The summed E-state index contributed by atoms with van der Waals surface area (Å²) in [6.07, 6.45) is 1.86. The molecular weight excluding hydrogens is 442 g/mol. The number of fused-ring (bicyclic) bond motifs is 1. The Bertz CT molecular complexity index is 1220. The zero-order valence-corrected chi connectivity index (χ0v) is 20.3. The van der Waals surface area contributed by atoms with Crippen molar-refractivity contribution in [2.75, 3.05) is 32.6 Å². The predicted octanol–water partition coefficient (Wildman–Crippen LogP) is 4.22. The maximum absolute atomic E-state index is 12.6. The summed E-state index contributed by atoms with van der Waals surface area (Å²) in [4.78, 5) is 26.7. The van der Waals surface area contributed by atoms with Crippen molar-refractivity contribution in [2.24, 2.45) is 5.73 Å². The average molecular weight is 474 g/mol. The van der Waals surface area contributed by atoms with Gasteiger partial charge in [-0.25, -0.2) is 0 Å². The lowest BCUT2D eigenvalue weighted by Crippen LogP contribution is -2.35. The summed E-state index contributed by atoms with van der Waals surface area (Å²) in [5.41, 5.74) is 10.3. The molecule has 1 unspecified atom stereocenters. The van der Waals surface area contributed by atoms with Gasteiger partial charge in [-0.05, 0) is 72.9 Å². The van der Waals surface area contributed by atoms with Crippen molar-refractivity contribution in [3.8, 4) is 11.5 Å². The molecule has 0 saturated heterocycles. The second kappa shape index (κ2) is 10.6. The standard InChI is InChI=1S/C28H31N3O4/c1-18-24-17-26(35-3)25(34-2)16-20(24)13-15-31(18)14-12-19-8-10-21(11-9-19)30-28(33)23-7-5-4-6-22(23)27(29)32/h4-11,16-18H,12-15H2,1-3H3,(H2,29,32)(H,30,33). The third kappa shape index (κ3) is 5.30. The number of nitrogens with one attached hydrogen (secondary N) is 1. The second-order valence-corrected chi connectivity index (χ2v) is 8.68. The van der Waals surface area contributed by atoms with Crippen LogP contribution in [0.2, 0.25) is 0 Å². The largest absolute Gasteiger partial charge is 0.493 e. The molecule has 2 amide bonds. The minimum Gasteiger partial charge on any atom is -0.493 e. The Morgan fingerprint density at radius 2 is 1.66 bits per heavy atom. The number of hydrogen-bond acceptors (Lipinski definition) is 5. The van der Waals surface area contributed by atoms with Gasteiger partial charge in [0.25, 0.3) is 5.91 Å². The molecule has 0 aromatic heterocycles. The topological polar surface area (TPSA) is 93.9 Å². The maximum Gasteiger partial charge on any atom is 0.256 e. The molecule has 7 heteroatoms. The van der Waals surface area contributed by atoms with Crippen LogP contribution in [-0.4, -0.2) is 44.0 Å². The first-order chi connectivity index (χ1) is 16.9. The third-order valence-electron chi connectivity index (χ3n) is 6.65. The fourth-order valence-corrected chi connectivity index (χ4v) is 4.62. The van der Waals surface area contributed by atoms with Crippen molar-refractivity contribution >= 4 is 17.5 Å². The molecule has 0 radical (unpaired) electrons. The Hall–Kier alpha value is -3.84. The van der Waals surface area contributed by atoms with E-state index in [0.717, 1.165) is 37.4 Å². The molecule has 1 heterocycles. The molecule has 1 atom stereocenters. The molecule has 0 fully saturated rings. The zero-order chi connectivity index (χ0) is 24.9. The van der Waals surface area contributed by atoms with Gasteiger partial charge in [0, 0.05) is 24.8 Å². The first kappa shape index (κ1) is 24.3. The number of carbonyl (C=O) groups is 2. The number of amides is 2. The third-order valence-corrected chi connectivity index (χ3v) is 6.65. The fraction of sp³-hybridized carbons (Fsp3) is 0.286. The smallest absolute Gasteiger partial charge is 0.256 e. The number of nitrogens with two attached hydrogens (primary N) is 1. The van der Waals surface area contributed by atoms with Crippen LogP contribution in [0.3, 0.4) is 0 Å². The van der Waals surface area contributed by atoms with E-state index in [4.69, 9.17) is 15.2 Å². The van der Waals surface area contributed by atoms with Gasteiger partial charge in [0.15, 0.2) is 11.5 Å². The SMILES string of the molecule is COc1cc2c(cc1OC)C(C)N(CCc1ccc(NC(=O)c3ccccc3C(N)=O)cc1)CC2. The lowest BCUT2D eigenvalue weighted by molar-refractivity contribution is 0.0977. The van der Waals surface area contributed by atoms with E-state index < -0.39 is 5.91 Å². The summed E-state index contributed by atoms with van der Waals surface area (Å²) in [6, 6.07) is 18.8. The Kier molecular flexibility index (Phi) is 7.36. The number of rotatable bonds is 8. The molecule has 4 rings (SSSR count). The molecule has 1 aliphatic rings. The zero-order valence-electron chi connectivity index (χ0n) is 20.3. The number of methoxy groups -OCH3 is 2. The fourth-order valence-electron chi connectivity index (χ4n) is 4.62. The first-order valence-corrected chi connectivity index (χ1v) is 11.7. The number of primary amides is 1. The van der Waals surface area contributed by atoms with E-state index in [1.165, 1.54) is 16.7 Å². The van der Waals surface area contributed by atoms with Crippen LogP contribution < -0.4 is 20.5 Å². The maximum atomic E-state index is 12.6. The van der Waals surface area contributed by atoms with Crippen molar-refractivity contribution in [3.05, 3.63) is 88.5 Å². The van der Waals surface area contributed by atoms with Crippen molar-refractivity contribution in [1.29, 1.82) is 0 Å². The Labute approximate surface area is 205 Å². The molecule has 0 bridgehead atoms. The highest BCUT2D eigenvalue weighted by atomic mass is 16.5. The Balaban J connectivity index is 1.38. The van der Waals surface area contributed by atoms with Crippen LogP contribution in [0.1, 0.15) is 50.4 Å². The van der Waals surface area contributed by atoms with Gasteiger partial charge < -0.3 is 20.5 Å².